The van der Waals surface area contributed by atoms with Crippen molar-refractivity contribution in [3.63, 3.8) is 0 Å². The number of carbonyl (C=O) groups is 2. The van der Waals surface area contributed by atoms with Crippen LogP contribution in [0.15, 0.2) is 0 Å². The van der Waals surface area contributed by atoms with Crippen LogP contribution in [-0.4, -0.2) is 25.2 Å². The fourth-order valence-corrected chi connectivity index (χ4v) is 6.61. The zero-order valence-electron chi connectivity index (χ0n) is 44.1. The van der Waals surface area contributed by atoms with Crippen LogP contribution in [0.1, 0.15) is 316 Å². The highest BCUT2D eigenvalue weighted by molar-refractivity contribution is 5.69. The lowest BCUT2D eigenvalue weighted by Gasteiger charge is -2.16. The molecule has 0 fully saturated rings. The summed E-state index contributed by atoms with van der Waals surface area (Å²) in [6.07, 6.45) is 39.7. The van der Waals surface area contributed by atoms with Crippen molar-refractivity contribution in [1.82, 2.24) is 0 Å². The van der Waals surface area contributed by atoms with E-state index in [1.807, 2.05) is 27.7 Å². The normalized spacial score (nSPS) is 11.1. The van der Waals surface area contributed by atoms with Gasteiger partial charge in [0.25, 0.3) is 0 Å². The molecule has 0 amide bonds. The van der Waals surface area contributed by atoms with Crippen molar-refractivity contribution in [1.29, 1.82) is 0 Å². The van der Waals surface area contributed by atoms with Gasteiger partial charge in [-0.1, -0.05) is 264 Å². The van der Waals surface area contributed by atoms with Crippen LogP contribution < -0.4 is 0 Å². The minimum absolute atomic E-state index is 0.0152. The highest BCUT2D eigenvalue weighted by Gasteiger charge is 2.13. The third kappa shape index (κ3) is 71.8. The molecule has 4 nitrogen and oxygen atoms in total. The third-order valence-corrected chi connectivity index (χ3v) is 9.98. The molecule has 0 saturated carbocycles. The number of hydrogen-bond acceptors (Lipinski definition) is 4. The van der Waals surface area contributed by atoms with Crippen LogP contribution in [0.25, 0.3) is 0 Å². The molecule has 2 unspecified atom stereocenters. The predicted octanol–water partition coefficient (Wildman–Crippen LogP) is 20.0. The van der Waals surface area contributed by atoms with Crippen molar-refractivity contribution in [2.24, 2.45) is 17.8 Å². The van der Waals surface area contributed by atoms with Crippen LogP contribution in [0.4, 0.5) is 0 Å². The molecular formula is C55H118O4. The number of ether oxygens (including phenoxy) is 2. The van der Waals surface area contributed by atoms with E-state index < -0.39 is 0 Å². The highest BCUT2D eigenvalue weighted by Crippen LogP contribution is 2.21. The Kier molecular flexibility index (Phi) is 81.0. The lowest BCUT2D eigenvalue weighted by Crippen LogP contribution is -2.14. The quantitative estimate of drug-likeness (QED) is 0.0466. The van der Waals surface area contributed by atoms with E-state index in [1.165, 1.54) is 173 Å². The van der Waals surface area contributed by atoms with E-state index in [4.69, 9.17) is 9.47 Å². The largest absolute Gasteiger partial charge is 0.465 e. The zero-order chi connectivity index (χ0) is 46.0. The lowest BCUT2D eigenvalue weighted by molar-refractivity contribution is -0.146. The summed E-state index contributed by atoms with van der Waals surface area (Å²) in [5.41, 5.74) is 0. The van der Waals surface area contributed by atoms with Crippen LogP contribution in [0.2, 0.25) is 0 Å². The van der Waals surface area contributed by atoms with Crippen LogP contribution >= 0.6 is 0 Å². The van der Waals surface area contributed by atoms with Gasteiger partial charge in [-0.25, -0.2) is 0 Å². The molecule has 59 heavy (non-hydrogen) atoms. The second-order valence-corrected chi connectivity index (χ2v) is 16.9. The molecule has 0 spiro atoms. The van der Waals surface area contributed by atoms with Gasteiger partial charge in [0.05, 0.1) is 13.2 Å². The van der Waals surface area contributed by atoms with Gasteiger partial charge >= 0.3 is 11.9 Å². The summed E-state index contributed by atoms with van der Waals surface area (Å²) < 4.78 is 11.3. The molecule has 4 heteroatoms. The second kappa shape index (κ2) is 68.7. The fourth-order valence-electron chi connectivity index (χ4n) is 6.61. The first-order chi connectivity index (χ1) is 28.7. The highest BCUT2D eigenvalue weighted by atomic mass is 16.5. The molecule has 2 atom stereocenters. The van der Waals surface area contributed by atoms with Gasteiger partial charge < -0.3 is 9.47 Å². The molecule has 0 saturated heterocycles. The summed E-state index contributed by atoms with van der Waals surface area (Å²) >= 11 is 0. The molecule has 0 rings (SSSR count). The first kappa shape index (κ1) is 69.6. The smallest absolute Gasteiger partial charge is 0.305 e. The Morgan fingerprint density at radius 1 is 0.339 bits per heavy atom. The molecular weight excluding hydrogens is 725 g/mol. The lowest BCUT2D eigenvalue weighted by atomic mass is 9.95. The van der Waals surface area contributed by atoms with Crippen molar-refractivity contribution < 1.29 is 19.1 Å². The van der Waals surface area contributed by atoms with Gasteiger partial charge in [-0.2, -0.15) is 0 Å². The SMILES string of the molecule is CC.CC.CCC.CCC.CCC.CCCCCCC(CCCC)COC(=O)CCCCCCCCC(C)CCCCCCCCC(=O)OCC(CCCC)CCCC. The summed E-state index contributed by atoms with van der Waals surface area (Å²) in [7, 11) is 0. The Bertz CT molecular complexity index is 680. The topological polar surface area (TPSA) is 52.6 Å². The molecule has 0 radical (unpaired) electrons. The number of carbonyl (C=O) groups excluding carboxylic acids is 2. The van der Waals surface area contributed by atoms with Crippen LogP contribution in [-0.2, 0) is 19.1 Å². The van der Waals surface area contributed by atoms with Gasteiger partial charge in [-0.15, -0.1) is 0 Å². The minimum Gasteiger partial charge on any atom is -0.465 e. The van der Waals surface area contributed by atoms with Gasteiger partial charge in [0.1, 0.15) is 0 Å². The molecule has 0 aliphatic carbocycles. The maximum absolute atomic E-state index is 12.3. The monoisotopic (exact) mass is 843 g/mol. The number of hydrogen-bond donors (Lipinski definition) is 0. The molecule has 0 N–H and O–H groups in total. The average molecular weight is 844 g/mol. The number of rotatable bonds is 36. The Balaban J connectivity index is -0.000000477. The molecule has 362 valence electrons. The van der Waals surface area contributed by atoms with Gasteiger partial charge in [0.2, 0.25) is 0 Å². The maximum Gasteiger partial charge on any atom is 0.305 e. The van der Waals surface area contributed by atoms with E-state index in [2.05, 4.69) is 76.2 Å². The molecule has 0 aliphatic heterocycles. The Labute approximate surface area is 376 Å². The first-order valence-electron chi connectivity index (χ1n) is 27.0. The average Bonchev–Trinajstić information content (AvgIpc) is 3.24. The van der Waals surface area contributed by atoms with Crippen LogP contribution in [0.3, 0.4) is 0 Å². The second-order valence-electron chi connectivity index (χ2n) is 16.9. The van der Waals surface area contributed by atoms with Crippen molar-refractivity contribution >= 4 is 11.9 Å². The Morgan fingerprint density at radius 2 is 0.576 bits per heavy atom. The Hall–Kier alpha value is -1.06. The van der Waals surface area contributed by atoms with Crippen LogP contribution in [0, 0.1) is 17.8 Å². The summed E-state index contributed by atoms with van der Waals surface area (Å²) in [6, 6.07) is 0. The van der Waals surface area contributed by atoms with E-state index in [0.717, 1.165) is 31.6 Å². The van der Waals surface area contributed by atoms with Gasteiger partial charge in [-0.05, 0) is 56.3 Å². The molecule has 0 heterocycles. The summed E-state index contributed by atoms with van der Waals surface area (Å²) in [5, 5.41) is 0. The zero-order valence-corrected chi connectivity index (χ0v) is 44.1. The van der Waals surface area contributed by atoms with E-state index in [0.29, 0.717) is 37.9 Å². The van der Waals surface area contributed by atoms with Gasteiger partial charge in [0, 0.05) is 12.8 Å². The van der Waals surface area contributed by atoms with Crippen molar-refractivity contribution in [2.45, 2.75) is 316 Å². The summed E-state index contributed by atoms with van der Waals surface area (Å²) in [5.74, 6) is 1.98. The Morgan fingerprint density at radius 3 is 0.881 bits per heavy atom. The van der Waals surface area contributed by atoms with Crippen molar-refractivity contribution in [2.75, 3.05) is 13.2 Å². The van der Waals surface area contributed by atoms with E-state index in [-0.39, 0.29) is 11.9 Å². The number of unbranched alkanes of at least 4 members (excludes halogenated alkanes) is 16. The maximum atomic E-state index is 12.3. The standard InChI is InChI=1S/C42H82O4.3C3H8.2C2H6/c1-6-10-14-25-33-40(32-13-9-4)37-46-42(44)35-27-22-18-16-20-24-29-38(5)28-23-19-15-17-21-26-34-41(43)45-36-39(30-11-7-2)31-12-8-3;3*1-3-2;2*1-2/h38-40H,6-37H2,1-5H3;3*3H2,1-2H3;2*1-2H3. The van der Waals surface area contributed by atoms with Gasteiger partial charge in [0.15, 0.2) is 0 Å². The van der Waals surface area contributed by atoms with Crippen molar-refractivity contribution in [3.05, 3.63) is 0 Å². The fraction of sp³-hybridized carbons (Fsp3) is 0.964. The van der Waals surface area contributed by atoms with E-state index >= 15 is 0 Å². The van der Waals surface area contributed by atoms with Crippen LogP contribution in [0.5, 0.6) is 0 Å². The van der Waals surface area contributed by atoms with Gasteiger partial charge in [-0.3, -0.25) is 9.59 Å². The first-order valence-corrected chi connectivity index (χ1v) is 27.0. The molecule has 0 aromatic heterocycles. The summed E-state index contributed by atoms with van der Waals surface area (Å²) in [4.78, 5) is 24.4. The number of esters is 2. The molecule has 0 aromatic carbocycles. The third-order valence-electron chi connectivity index (χ3n) is 9.98. The van der Waals surface area contributed by atoms with E-state index in [1.54, 1.807) is 0 Å². The molecule has 0 aromatic rings. The minimum atomic E-state index is 0.0152. The predicted molar refractivity (Wildman–Crippen MR) is 270 cm³/mol. The van der Waals surface area contributed by atoms with E-state index in [9.17, 15) is 9.59 Å². The summed E-state index contributed by atoms with van der Waals surface area (Å²) in [6.45, 7) is 33.4. The molecule has 0 bridgehead atoms. The van der Waals surface area contributed by atoms with Crippen molar-refractivity contribution in [3.8, 4) is 0 Å². The molecule has 0 aliphatic rings.